The summed E-state index contributed by atoms with van der Waals surface area (Å²) < 4.78 is 32.6. The Bertz CT molecular complexity index is 1220. The van der Waals surface area contributed by atoms with Crippen molar-refractivity contribution in [1.82, 2.24) is 10.1 Å². The molecule has 0 fully saturated rings. The van der Waals surface area contributed by atoms with E-state index in [1.165, 1.54) is 24.3 Å². The summed E-state index contributed by atoms with van der Waals surface area (Å²) in [7, 11) is 0. The molecule has 0 aliphatic carbocycles. The first-order valence-corrected chi connectivity index (χ1v) is 8.60. The van der Waals surface area contributed by atoms with Gasteiger partial charge in [-0.05, 0) is 43.3 Å². The molecular formula is C20H12ClF2N3O2. The molecule has 0 saturated carbocycles. The van der Waals surface area contributed by atoms with E-state index in [9.17, 15) is 13.6 Å². The SMILES string of the molecule is Cc1noc2nc(-c3ccccc3F)cc(C(=O)Nc3ccc(F)cc3Cl)c12. The minimum absolute atomic E-state index is 0.0509. The maximum atomic E-state index is 14.2. The third kappa shape index (κ3) is 3.20. The second kappa shape index (κ2) is 7.01. The summed E-state index contributed by atoms with van der Waals surface area (Å²) in [4.78, 5) is 17.2. The van der Waals surface area contributed by atoms with Crippen LogP contribution in [0, 0.1) is 18.6 Å². The highest BCUT2D eigenvalue weighted by Gasteiger charge is 2.21. The Balaban J connectivity index is 1.84. The zero-order valence-corrected chi connectivity index (χ0v) is 15.2. The van der Waals surface area contributed by atoms with Crippen LogP contribution in [0.2, 0.25) is 5.02 Å². The Kier molecular flexibility index (Phi) is 4.52. The fourth-order valence-electron chi connectivity index (χ4n) is 2.86. The minimum Gasteiger partial charge on any atom is -0.335 e. The van der Waals surface area contributed by atoms with Gasteiger partial charge in [-0.1, -0.05) is 28.9 Å². The maximum absolute atomic E-state index is 14.2. The topological polar surface area (TPSA) is 68.0 Å². The highest BCUT2D eigenvalue weighted by atomic mass is 35.5. The molecule has 0 radical (unpaired) electrons. The molecule has 4 rings (SSSR count). The molecule has 0 saturated heterocycles. The number of nitrogens with one attached hydrogen (secondary N) is 1. The van der Waals surface area contributed by atoms with Gasteiger partial charge in [-0.2, -0.15) is 0 Å². The molecule has 2 aromatic carbocycles. The molecule has 2 aromatic heterocycles. The van der Waals surface area contributed by atoms with E-state index in [1.54, 1.807) is 25.1 Å². The number of hydrogen-bond acceptors (Lipinski definition) is 4. The molecule has 0 bridgehead atoms. The van der Waals surface area contributed by atoms with Crippen LogP contribution < -0.4 is 5.32 Å². The smallest absolute Gasteiger partial charge is 0.259 e. The summed E-state index contributed by atoms with van der Waals surface area (Å²) in [6.07, 6.45) is 0. The Morgan fingerprint density at radius 2 is 1.93 bits per heavy atom. The van der Waals surface area contributed by atoms with Gasteiger partial charge < -0.3 is 9.84 Å². The lowest BCUT2D eigenvalue weighted by molar-refractivity contribution is 0.102. The predicted molar refractivity (Wildman–Crippen MR) is 101 cm³/mol. The van der Waals surface area contributed by atoms with E-state index >= 15 is 0 Å². The highest BCUT2D eigenvalue weighted by molar-refractivity contribution is 6.34. The summed E-state index contributed by atoms with van der Waals surface area (Å²) in [5, 5.41) is 6.92. The largest absolute Gasteiger partial charge is 0.335 e. The Hall–Kier alpha value is -3.32. The lowest BCUT2D eigenvalue weighted by Gasteiger charge is -2.10. The molecule has 0 atom stereocenters. The van der Waals surface area contributed by atoms with Crippen molar-refractivity contribution in [3.63, 3.8) is 0 Å². The molecule has 8 heteroatoms. The van der Waals surface area contributed by atoms with Crippen LogP contribution in [0.15, 0.2) is 53.1 Å². The van der Waals surface area contributed by atoms with Gasteiger partial charge in [0.2, 0.25) is 0 Å². The monoisotopic (exact) mass is 399 g/mol. The number of aromatic nitrogens is 2. The van der Waals surface area contributed by atoms with Gasteiger partial charge in [0.05, 0.1) is 33.0 Å². The first-order chi connectivity index (χ1) is 13.4. The van der Waals surface area contributed by atoms with E-state index in [0.717, 1.165) is 6.07 Å². The number of amides is 1. The lowest BCUT2D eigenvalue weighted by Crippen LogP contribution is -2.13. The van der Waals surface area contributed by atoms with Gasteiger partial charge in [0.25, 0.3) is 11.6 Å². The summed E-state index contributed by atoms with van der Waals surface area (Å²) in [5.41, 5.74) is 1.41. The summed E-state index contributed by atoms with van der Waals surface area (Å²) >= 11 is 5.99. The van der Waals surface area contributed by atoms with Crippen LogP contribution in [-0.4, -0.2) is 16.0 Å². The number of pyridine rings is 1. The van der Waals surface area contributed by atoms with Crippen molar-refractivity contribution in [2.75, 3.05) is 5.32 Å². The van der Waals surface area contributed by atoms with E-state index in [1.807, 2.05) is 0 Å². The second-order valence-corrected chi connectivity index (χ2v) is 6.47. The molecule has 0 unspecified atom stereocenters. The minimum atomic E-state index is -0.537. The fourth-order valence-corrected chi connectivity index (χ4v) is 3.08. The van der Waals surface area contributed by atoms with Gasteiger partial charge in [-0.15, -0.1) is 0 Å². The number of rotatable bonds is 3. The lowest BCUT2D eigenvalue weighted by atomic mass is 10.0. The van der Waals surface area contributed by atoms with Crippen molar-refractivity contribution in [2.45, 2.75) is 6.92 Å². The predicted octanol–water partition coefficient (Wildman–Crippen LogP) is 5.38. The number of anilines is 1. The molecule has 0 aliphatic rings. The molecule has 28 heavy (non-hydrogen) atoms. The van der Waals surface area contributed by atoms with Crippen LogP contribution in [0.4, 0.5) is 14.5 Å². The number of benzene rings is 2. The van der Waals surface area contributed by atoms with E-state index < -0.39 is 17.5 Å². The molecule has 4 aromatic rings. The third-order valence-corrected chi connectivity index (χ3v) is 4.50. The molecule has 1 amide bonds. The average Bonchev–Trinajstić information content (AvgIpc) is 3.04. The molecule has 0 aliphatic heterocycles. The van der Waals surface area contributed by atoms with Crippen LogP contribution in [0.3, 0.4) is 0 Å². The van der Waals surface area contributed by atoms with Gasteiger partial charge >= 0.3 is 0 Å². The Morgan fingerprint density at radius 3 is 2.68 bits per heavy atom. The van der Waals surface area contributed by atoms with Crippen molar-refractivity contribution < 1.29 is 18.1 Å². The molecule has 1 N–H and O–H groups in total. The first kappa shape index (κ1) is 18.1. The van der Waals surface area contributed by atoms with Crippen molar-refractivity contribution >= 4 is 34.3 Å². The zero-order valence-electron chi connectivity index (χ0n) is 14.5. The van der Waals surface area contributed by atoms with Crippen molar-refractivity contribution in [3.05, 3.63) is 76.4 Å². The Labute approximate surface area is 162 Å². The van der Waals surface area contributed by atoms with E-state index in [-0.39, 0.29) is 33.2 Å². The van der Waals surface area contributed by atoms with Crippen LogP contribution in [0.5, 0.6) is 0 Å². The molecule has 2 heterocycles. The number of nitrogens with zero attached hydrogens (tertiary/aromatic N) is 2. The van der Waals surface area contributed by atoms with Gasteiger partial charge in [0.15, 0.2) is 0 Å². The maximum Gasteiger partial charge on any atom is 0.259 e. The molecule has 5 nitrogen and oxygen atoms in total. The quantitative estimate of drug-likeness (QED) is 0.502. The van der Waals surface area contributed by atoms with Crippen LogP contribution in [0.1, 0.15) is 16.1 Å². The number of hydrogen-bond donors (Lipinski definition) is 1. The van der Waals surface area contributed by atoms with E-state index in [4.69, 9.17) is 16.1 Å². The third-order valence-electron chi connectivity index (χ3n) is 4.19. The first-order valence-electron chi connectivity index (χ1n) is 8.22. The number of halogens is 3. The summed E-state index contributed by atoms with van der Waals surface area (Å²) in [6.45, 7) is 1.66. The Morgan fingerprint density at radius 1 is 1.14 bits per heavy atom. The molecule has 140 valence electrons. The number of fused-ring (bicyclic) bond motifs is 1. The zero-order chi connectivity index (χ0) is 19.8. The average molecular weight is 400 g/mol. The normalized spacial score (nSPS) is 11.0. The van der Waals surface area contributed by atoms with Gasteiger partial charge in [-0.25, -0.2) is 13.8 Å². The highest BCUT2D eigenvalue weighted by Crippen LogP contribution is 2.30. The van der Waals surface area contributed by atoms with Crippen molar-refractivity contribution in [2.24, 2.45) is 0 Å². The van der Waals surface area contributed by atoms with Crippen LogP contribution in [-0.2, 0) is 0 Å². The van der Waals surface area contributed by atoms with Gasteiger partial charge in [0, 0.05) is 5.56 Å². The number of carbonyl (C=O) groups is 1. The molecule has 0 spiro atoms. The second-order valence-electron chi connectivity index (χ2n) is 6.06. The fraction of sp³-hybridized carbons (Fsp3) is 0.0500. The standard InChI is InChI=1S/C20H12ClF2N3O2/c1-10-18-13(19(27)24-16-7-6-11(22)8-14(16)21)9-17(25-20(18)28-26-10)12-4-2-3-5-15(12)23/h2-9H,1H3,(H,24,27). The van der Waals surface area contributed by atoms with Crippen molar-refractivity contribution in [1.29, 1.82) is 0 Å². The summed E-state index contributed by atoms with van der Waals surface area (Å²) in [5.74, 6) is -1.55. The van der Waals surface area contributed by atoms with Crippen LogP contribution in [0.25, 0.3) is 22.4 Å². The van der Waals surface area contributed by atoms with E-state index in [2.05, 4.69) is 15.5 Å². The van der Waals surface area contributed by atoms with Gasteiger partial charge in [0.1, 0.15) is 11.6 Å². The summed E-state index contributed by atoms with van der Waals surface area (Å²) in [6, 6.07) is 11.1. The van der Waals surface area contributed by atoms with Crippen LogP contribution >= 0.6 is 11.6 Å². The molecular weight excluding hydrogens is 388 g/mol. The van der Waals surface area contributed by atoms with Gasteiger partial charge in [-0.3, -0.25) is 4.79 Å². The number of aryl methyl sites for hydroxylation is 1. The number of carbonyl (C=O) groups excluding carboxylic acids is 1. The van der Waals surface area contributed by atoms with E-state index in [0.29, 0.717) is 11.1 Å². The van der Waals surface area contributed by atoms with Crippen molar-refractivity contribution in [3.8, 4) is 11.3 Å².